The second-order valence-electron chi connectivity index (χ2n) is 6.95. The summed E-state index contributed by atoms with van der Waals surface area (Å²) in [5, 5.41) is 18.8. The molecule has 2 atom stereocenters. The van der Waals surface area contributed by atoms with E-state index in [0.717, 1.165) is 36.8 Å². The lowest BCUT2D eigenvalue weighted by molar-refractivity contribution is 0.0701. The van der Waals surface area contributed by atoms with Crippen molar-refractivity contribution in [3.63, 3.8) is 0 Å². The van der Waals surface area contributed by atoms with E-state index in [2.05, 4.69) is 31.7 Å². The van der Waals surface area contributed by atoms with Crippen LogP contribution in [0.1, 0.15) is 40.2 Å². The highest BCUT2D eigenvalue weighted by Crippen LogP contribution is 2.33. The predicted molar refractivity (Wildman–Crippen MR) is 89.7 cm³/mol. The molecule has 2 aromatic heterocycles. The quantitative estimate of drug-likeness (QED) is 0.849. The monoisotopic (exact) mass is 342 g/mol. The summed E-state index contributed by atoms with van der Waals surface area (Å²) in [6, 6.07) is 3.33. The molecule has 8 nitrogen and oxygen atoms in total. The first-order chi connectivity index (χ1) is 12.0. The molecular weight excluding hydrogens is 320 g/mol. The van der Waals surface area contributed by atoms with E-state index >= 15 is 0 Å². The second kappa shape index (κ2) is 6.20. The number of pyridine rings is 1. The summed E-state index contributed by atoms with van der Waals surface area (Å²) in [4.78, 5) is 21.0. The standard InChI is InChI=1S/C17H22N6O2/c1-11-3-4-13(18-8-11)17(25)23-9-12(24)7-14(23)16-20-19-15-10-21(2)5-6-22(15)16/h3-4,8,12,14,24H,5-7,9-10H2,1-2H3/t12-,14-/m0/s1. The van der Waals surface area contributed by atoms with Gasteiger partial charge in [-0.15, -0.1) is 10.2 Å². The van der Waals surface area contributed by atoms with Crippen LogP contribution in [0.3, 0.4) is 0 Å². The van der Waals surface area contributed by atoms with Gasteiger partial charge in [0.05, 0.1) is 18.7 Å². The molecule has 1 fully saturated rings. The van der Waals surface area contributed by atoms with Crippen LogP contribution in [-0.4, -0.2) is 66.8 Å². The summed E-state index contributed by atoms with van der Waals surface area (Å²) < 4.78 is 2.09. The van der Waals surface area contributed by atoms with E-state index in [-0.39, 0.29) is 11.9 Å². The lowest BCUT2D eigenvalue weighted by Crippen LogP contribution is -2.35. The molecule has 1 saturated heterocycles. The van der Waals surface area contributed by atoms with Crippen LogP contribution in [0.15, 0.2) is 18.3 Å². The molecule has 0 bridgehead atoms. The fourth-order valence-electron chi connectivity index (χ4n) is 3.57. The molecule has 1 N–H and O–H groups in total. The number of aliphatic hydroxyl groups excluding tert-OH is 1. The Balaban J connectivity index is 1.64. The van der Waals surface area contributed by atoms with Crippen LogP contribution in [-0.2, 0) is 13.1 Å². The summed E-state index contributed by atoms with van der Waals surface area (Å²) in [6.45, 7) is 4.69. The first-order valence-corrected chi connectivity index (χ1v) is 8.55. The molecule has 0 aromatic carbocycles. The minimum Gasteiger partial charge on any atom is -0.391 e. The molecule has 2 aliphatic rings. The van der Waals surface area contributed by atoms with Crippen LogP contribution in [0.25, 0.3) is 0 Å². The van der Waals surface area contributed by atoms with Crippen LogP contribution < -0.4 is 0 Å². The third-order valence-electron chi connectivity index (χ3n) is 4.94. The van der Waals surface area contributed by atoms with Crippen molar-refractivity contribution < 1.29 is 9.90 Å². The minimum absolute atomic E-state index is 0.174. The van der Waals surface area contributed by atoms with Crippen molar-refractivity contribution in [2.45, 2.75) is 38.6 Å². The van der Waals surface area contributed by atoms with Gasteiger partial charge in [0.25, 0.3) is 5.91 Å². The van der Waals surface area contributed by atoms with Gasteiger partial charge in [0.15, 0.2) is 5.82 Å². The number of β-amino-alcohol motifs (C(OH)–C–C–N with tert-alkyl or cyclic N) is 1. The van der Waals surface area contributed by atoms with Gasteiger partial charge < -0.3 is 14.6 Å². The van der Waals surface area contributed by atoms with Crippen molar-refractivity contribution >= 4 is 5.91 Å². The van der Waals surface area contributed by atoms with E-state index in [0.29, 0.717) is 18.7 Å². The molecule has 0 unspecified atom stereocenters. The first kappa shape index (κ1) is 16.2. The third-order valence-corrected chi connectivity index (χ3v) is 4.94. The number of rotatable bonds is 2. The van der Waals surface area contributed by atoms with Crippen LogP contribution in [0.5, 0.6) is 0 Å². The number of hydrogen-bond acceptors (Lipinski definition) is 6. The van der Waals surface area contributed by atoms with Gasteiger partial charge in [-0.05, 0) is 25.6 Å². The number of carbonyl (C=O) groups excluding carboxylic acids is 1. The van der Waals surface area contributed by atoms with Crippen molar-refractivity contribution in [3.8, 4) is 0 Å². The molecule has 132 valence electrons. The Kier molecular flexibility index (Phi) is 4.01. The number of nitrogens with zero attached hydrogens (tertiary/aromatic N) is 6. The number of likely N-dealkylation sites (N-methyl/N-ethyl adjacent to an activating group) is 1. The van der Waals surface area contributed by atoms with Crippen molar-refractivity contribution in [1.29, 1.82) is 0 Å². The Bertz CT molecular complexity index is 787. The van der Waals surface area contributed by atoms with Gasteiger partial charge in [-0.2, -0.15) is 0 Å². The topological polar surface area (TPSA) is 87.4 Å². The van der Waals surface area contributed by atoms with Gasteiger partial charge in [0.2, 0.25) is 0 Å². The summed E-state index contributed by atoms with van der Waals surface area (Å²) in [5.74, 6) is 1.50. The Morgan fingerprint density at radius 2 is 2.12 bits per heavy atom. The fraction of sp³-hybridized carbons (Fsp3) is 0.529. The zero-order valence-corrected chi connectivity index (χ0v) is 14.5. The van der Waals surface area contributed by atoms with Crippen molar-refractivity contribution in [2.75, 3.05) is 20.1 Å². The Morgan fingerprint density at radius 3 is 2.88 bits per heavy atom. The lowest BCUT2D eigenvalue weighted by atomic mass is 10.1. The molecule has 2 aromatic rings. The van der Waals surface area contributed by atoms with E-state index in [1.165, 1.54) is 0 Å². The van der Waals surface area contributed by atoms with Gasteiger partial charge in [0, 0.05) is 32.3 Å². The maximum absolute atomic E-state index is 12.9. The highest BCUT2D eigenvalue weighted by Gasteiger charge is 2.39. The maximum Gasteiger partial charge on any atom is 0.273 e. The van der Waals surface area contributed by atoms with E-state index in [9.17, 15) is 9.90 Å². The Hall–Kier alpha value is -2.32. The number of aryl methyl sites for hydroxylation is 1. The van der Waals surface area contributed by atoms with Gasteiger partial charge in [-0.3, -0.25) is 14.7 Å². The molecule has 4 rings (SSSR count). The number of likely N-dealkylation sites (tertiary alicyclic amines) is 1. The van der Waals surface area contributed by atoms with E-state index < -0.39 is 6.10 Å². The maximum atomic E-state index is 12.9. The summed E-state index contributed by atoms with van der Waals surface area (Å²) in [7, 11) is 2.05. The predicted octanol–water partition coefficient (Wildman–Crippen LogP) is 0.375. The minimum atomic E-state index is -0.557. The Morgan fingerprint density at radius 1 is 1.28 bits per heavy atom. The van der Waals surface area contributed by atoms with Gasteiger partial charge in [-0.1, -0.05) is 6.07 Å². The van der Waals surface area contributed by atoms with E-state index in [4.69, 9.17) is 0 Å². The average molecular weight is 342 g/mol. The van der Waals surface area contributed by atoms with E-state index in [1.807, 2.05) is 13.0 Å². The van der Waals surface area contributed by atoms with E-state index in [1.54, 1.807) is 17.2 Å². The average Bonchev–Trinajstić information content (AvgIpc) is 3.17. The molecule has 0 spiro atoms. The van der Waals surface area contributed by atoms with Crippen LogP contribution in [0, 0.1) is 6.92 Å². The van der Waals surface area contributed by atoms with Crippen LogP contribution in [0.2, 0.25) is 0 Å². The second-order valence-corrected chi connectivity index (χ2v) is 6.95. The van der Waals surface area contributed by atoms with Gasteiger partial charge in [0.1, 0.15) is 11.5 Å². The third kappa shape index (κ3) is 2.91. The highest BCUT2D eigenvalue weighted by molar-refractivity contribution is 5.92. The smallest absolute Gasteiger partial charge is 0.273 e. The normalized spacial score (nSPS) is 23.7. The number of carbonyl (C=O) groups is 1. The summed E-state index contributed by atoms with van der Waals surface area (Å²) in [6.07, 6.45) is 1.60. The fourth-order valence-corrected chi connectivity index (χ4v) is 3.57. The van der Waals surface area contributed by atoms with Crippen LogP contribution in [0.4, 0.5) is 0 Å². The summed E-state index contributed by atoms with van der Waals surface area (Å²) >= 11 is 0. The number of aliphatic hydroxyl groups is 1. The Labute approximate surface area is 146 Å². The van der Waals surface area contributed by atoms with Gasteiger partial charge in [-0.25, -0.2) is 0 Å². The molecule has 2 aliphatic heterocycles. The molecule has 0 radical (unpaired) electrons. The SMILES string of the molecule is Cc1ccc(C(=O)N2C[C@@H](O)C[C@H]2c2nnc3n2CCN(C)C3)nc1. The molecule has 25 heavy (non-hydrogen) atoms. The van der Waals surface area contributed by atoms with Gasteiger partial charge >= 0.3 is 0 Å². The summed E-state index contributed by atoms with van der Waals surface area (Å²) in [5.41, 5.74) is 1.40. The first-order valence-electron chi connectivity index (χ1n) is 8.55. The zero-order valence-electron chi connectivity index (χ0n) is 14.5. The molecule has 8 heteroatoms. The number of hydrogen-bond donors (Lipinski definition) is 1. The highest BCUT2D eigenvalue weighted by atomic mass is 16.3. The largest absolute Gasteiger partial charge is 0.391 e. The molecule has 0 aliphatic carbocycles. The zero-order chi connectivity index (χ0) is 17.6. The van der Waals surface area contributed by atoms with Crippen molar-refractivity contribution in [3.05, 3.63) is 41.2 Å². The van der Waals surface area contributed by atoms with Crippen LogP contribution >= 0.6 is 0 Å². The van der Waals surface area contributed by atoms with Crippen molar-refractivity contribution in [2.24, 2.45) is 0 Å². The number of aromatic nitrogens is 4. The van der Waals surface area contributed by atoms with Crippen molar-refractivity contribution in [1.82, 2.24) is 29.5 Å². The number of fused-ring (bicyclic) bond motifs is 1. The molecule has 4 heterocycles. The number of amides is 1. The molecule has 1 amide bonds. The molecule has 0 saturated carbocycles. The molecular formula is C17H22N6O2. The lowest BCUT2D eigenvalue weighted by Gasteiger charge is -2.27.